The van der Waals surface area contributed by atoms with Crippen molar-refractivity contribution in [1.29, 1.82) is 0 Å². The first-order valence-electron chi connectivity index (χ1n) is 5.95. The largest absolute Gasteiger partial charge is 0.456 e. The van der Waals surface area contributed by atoms with Gasteiger partial charge >= 0.3 is 0 Å². The standard InChI is InChI=1S/C15H10BrClFNO/c16-9-4-5-11(17)10(7-9)14(19)13-6-8-2-1-3-12(18)15(8)20-13/h1-7,14H,19H2. The average Bonchev–Trinajstić information content (AvgIpc) is 2.86. The summed E-state index contributed by atoms with van der Waals surface area (Å²) in [5.74, 6) is 0.0754. The molecule has 0 aliphatic heterocycles. The van der Waals surface area contributed by atoms with Crippen LogP contribution < -0.4 is 5.73 Å². The summed E-state index contributed by atoms with van der Waals surface area (Å²) in [6.45, 7) is 0. The zero-order valence-corrected chi connectivity index (χ0v) is 12.6. The van der Waals surface area contributed by atoms with Crippen LogP contribution in [0.25, 0.3) is 11.0 Å². The van der Waals surface area contributed by atoms with E-state index in [4.69, 9.17) is 21.8 Å². The topological polar surface area (TPSA) is 39.2 Å². The fraction of sp³-hybridized carbons (Fsp3) is 0.0667. The van der Waals surface area contributed by atoms with Gasteiger partial charge in [-0.15, -0.1) is 0 Å². The van der Waals surface area contributed by atoms with Crippen molar-refractivity contribution in [2.24, 2.45) is 5.73 Å². The summed E-state index contributed by atoms with van der Waals surface area (Å²) in [5, 5.41) is 1.23. The molecule has 0 bridgehead atoms. The minimum absolute atomic E-state index is 0.212. The molecule has 3 rings (SSSR count). The maximum Gasteiger partial charge on any atom is 0.169 e. The maximum atomic E-state index is 13.6. The van der Waals surface area contributed by atoms with E-state index in [1.807, 2.05) is 12.1 Å². The van der Waals surface area contributed by atoms with E-state index in [0.717, 1.165) is 10.0 Å². The van der Waals surface area contributed by atoms with Crippen LogP contribution in [0.15, 0.2) is 51.4 Å². The Bertz CT molecular complexity index is 787. The van der Waals surface area contributed by atoms with Gasteiger partial charge in [-0.3, -0.25) is 0 Å². The van der Waals surface area contributed by atoms with E-state index in [2.05, 4.69) is 15.9 Å². The highest BCUT2D eigenvalue weighted by Gasteiger charge is 2.18. The van der Waals surface area contributed by atoms with Crippen LogP contribution in [-0.2, 0) is 0 Å². The number of halogens is 3. The molecule has 5 heteroatoms. The van der Waals surface area contributed by atoms with E-state index in [-0.39, 0.29) is 5.58 Å². The van der Waals surface area contributed by atoms with Gasteiger partial charge < -0.3 is 10.2 Å². The zero-order valence-electron chi connectivity index (χ0n) is 10.2. The number of rotatable bonds is 2. The van der Waals surface area contributed by atoms with Gasteiger partial charge in [0.2, 0.25) is 0 Å². The molecule has 2 N–H and O–H groups in total. The fourth-order valence-electron chi connectivity index (χ4n) is 2.11. The monoisotopic (exact) mass is 353 g/mol. The van der Waals surface area contributed by atoms with Crippen molar-refractivity contribution in [1.82, 2.24) is 0 Å². The highest BCUT2D eigenvalue weighted by molar-refractivity contribution is 9.10. The number of para-hydroxylation sites is 1. The lowest BCUT2D eigenvalue weighted by Gasteiger charge is -2.11. The number of hydrogen-bond acceptors (Lipinski definition) is 2. The first-order valence-corrected chi connectivity index (χ1v) is 7.12. The molecule has 0 amide bonds. The third kappa shape index (κ3) is 2.35. The van der Waals surface area contributed by atoms with Gasteiger partial charge in [-0.1, -0.05) is 39.7 Å². The molecule has 2 aromatic carbocycles. The molecule has 1 atom stereocenters. The van der Waals surface area contributed by atoms with Crippen molar-refractivity contribution in [2.75, 3.05) is 0 Å². The van der Waals surface area contributed by atoms with Gasteiger partial charge in [-0.05, 0) is 35.9 Å². The van der Waals surface area contributed by atoms with Crippen molar-refractivity contribution in [3.8, 4) is 0 Å². The van der Waals surface area contributed by atoms with Gasteiger partial charge in [0, 0.05) is 14.9 Å². The number of hydrogen-bond donors (Lipinski definition) is 1. The van der Waals surface area contributed by atoms with Gasteiger partial charge in [-0.25, -0.2) is 4.39 Å². The molecule has 2 nitrogen and oxygen atoms in total. The lowest BCUT2D eigenvalue weighted by molar-refractivity contribution is 0.502. The summed E-state index contributed by atoms with van der Waals surface area (Å²) in [6, 6.07) is 11.4. The van der Waals surface area contributed by atoms with Gasteiger partial charge in [-0.2, -0.15) is 0 Å². The molecule has 0 fully saturated rings. The van der Waals surface area contributed by atoms with E-state index in [1.165, 1.54) is 6.07 Å². The molecule has 1 heterocycles. The highest BCUT2D eigenvalue weighted by Crippen LogP contribution is 2.32. The third-order valence-corrected chi connectivity index (χ3v) is 3.95. The SMILES string of the molecule is NC(c1cc2cccc(F)c2o1)c1cc(Br)ccc1Cl. The molecule has 1 aromatic heterocycles. The number of fused-ring (bicyclic) bond motifs is 1. The zero-order chi connectivity index (χ0) is 14.3. The lowest BCUT2D eigenvalue weighted by atomic mass is 10.1. The molecule has 0 spiro atoms. The molecule has 0 aliphatic rings. The van der Waals surface area contributed by atoms with Crippen LogP contribution in [0.3, 0.4) is 0 Å². The summed E-state index contributed by atoms with van der Waals surface area (Å²) >= 11 is 9.53. The predicted molar refractivity (Wildman–Crippen MR) is 81.4 cm³/mol. The number of benzene rings is 2. The molecular formula is C15H10BrClFNO. The molecule has 20 heavy (non-hydrogen) atoms. The average molecular weight is 355 g/mol. The highest BCUT2D eigenvalue weighted by atomic mass is 79.9. The summed E-state index contributed by atoms with van der Waals surface area (Å²) < 4.78 is 20.0. The van der Waals surface area contributed by atoms with Crippen LogP contribution in [0.2, 0.25) is 5.02 Å². The van der Waals surface area contributed by atoms with Crippen LogP contribution in [-0.4, -0.2) is 0 Å². The Hall–Kier alpha value is -1.36. The van der Waals surface area contributed by atoms with Crippen LogP contribution in [0.4, 0.5) is 4.39 Å². The van der Waals surface area contributed by atoms with Gasteiger partial charge in [0.15, 0.2) is 11.4 Å². The Morgan fingerprint density at radius 1 is 1.20 bits per heavy atom. The Morgan fingerprint density at radius 3 is 2.75 bits per heavy atom. The van der Waals surface area contributed by atoms with Gasteiger partial charge in [0.25, 0.3) is 0 Å². The second kappa shape index (κ2) is 5.20. The maximum absolute atomic E-state index is 13.6. The molecule has 0 saturated heterocycles. The number of furan rings is 1. The van der Waals surface area contributed by atoms with Crippen LogP contribution in [0, 0.1) is 5.82 Å². The molecule has 0 saturated carbocycles. The smallest absolute Gasteiger partial charge is 0.169 e. The molecule has 0 aliphatic carbocycles. The van der Waals surface area contributed by atoms with E-state index in [1.54, 1.807) is 24.3 Å². The Kier molecular flexibility index (Phi) is 3.54. The third-order valence-electron chi connectivity index (χ3n) is 3.11. The van der Waals surface area contributed by atoms with Crippen molar-refractivity contribution in [2.45, 2.75) is 6.04 Å². The number of nitrogens with two attached hydrogens (primary N) is 1. The second-order valence-electron chi connectivity index (χ2n) is 4.45. The molecule has 102 valence electrons. The van der Waals surface area contributed by atoms with Gasteiger partial charge in [0.1, 0.15) is 5.76 Å². The predicted octanol–water partition coefficient (Wildman–Crippen LogP) is 5.04. The van der Waals surface area contributed by atoms with E-state index in [0.29, 0.717) is 16.2 Å². The first kappa shape index (κ1) is 13.6. The minimum Gasteiger partial charge on any atom is -0.456 e. The second-order valence-corrected chi connectivity index (χ2v) is 5.77. The molecular weight excluding hydrogens is 345 g/mol. The summed E-state index contributed by atoms with van der Waals surface area (Å²) in [6.07, 6.45) is 0. The van der Waals surface area contributed by atoms with E-state index in [9.17, 15) is 4.39 Å². The first-order chi connectivity index (χ1) is 9.56. The summed E-state index contributed by atoms with van der Waals surface area (Å²) in [4.78, 5) is 0. The van der Waals surface area contributed by atoms with Crippen molar-refractivity contribution in [3.63, 3.8) is 0 Å². The minimum atomic E-state index is -0.549. The van der Waals surface area contributed by atoms with Crippen LogP contribution in [0.1, 0.15) is 17.4 Å². The Morgan fingerprint density at radius 2 is 2.00 bits per heavy atom. The molecule has 0 radical (unpaired) electrons. The van der Waals surface area contributed by atoms with Crippen molar-refractivity contribution in [3.05, 3.63) is 69.1 Å². The lowest BCUT2D eigenvalue weighted by Crippen LogP contribution is -2.11. The van der Waals surface area contributed by atoms with E-state index < -0.39 is 11.9 Å². The Balaban J connectivity index is 2.10. The van der Waals surface area contributed by atoms with Crippen molar-refractivity contribution < 1.29 is 8.81 Å². The summed E-state index contributed by atoms with van der Waals surface area (Å²) in [5.41, 5.74) is 7.11. The van der Waals surface area contributed by atoms with Crippen molar-refractivity contribution >= 4 is 38.5 Å². The van der Waals surface area contributed by atoms with Crippen LogP contribution >= 0.6 is 27.5 Å². The van der Waals surface area contributed by atoms with Crippen LogP contribution in [0.5, 0.6) is 0 Å². The van der Waals surface area contributed by atoms with Gasteiger partial charge in [0.05, 0.1) is 6.04 Å². The fourth-order valence-corrected chi connectivity index (χ4v) is 2.72. The normalized spacial score (nSPS) is 12.8. The quantitative estimate of drug-likeness (QED) is 0.700. The molecule has 3 aromatic rings. The molecule has 1 unspecified atom stereocenters. The summed E-state index contributed by atoms with van der Waals surface area (Å²) in [7, 11) is 0. The van der Waals surface area contributed by atoms with E-state index >= 15 is 0 Å². The Labute approximate surface area is 128 Å².